The lowest BCUT2D eigenvalue weighted by Crippen LogP contribution is -2.06. The Hall–Kier alpha value is -2.39. The molecule has 1 heterocycles. The van der Waals surface area contributed by atoms with E-state index in [4.69, 9.17) is 27.9 Å². The predicted octanol–water partition coefficient (Wildman–Crippen LogP) is 5.44. The minimum atomic E-state index is -4.74. The highest BCUT2D eigenvalue weighted by Crippen LogP contribution is 2.38. The molecule has 3 rings (SSSR count). The summed E-state index contributed by atoms with van der Waals surface area (Å²) in [6.45, 7) is -0.253. The molecule has 0 fully saturated rings. The highest BCUT2D eigenvalue weighted by molar-refractivity contribution is 6.63. The number of nitrogens with zero attached hydrogens (tertiary/aromatic N) is 3. The molecule has 0 atom stereocenters. The van der Waals surface area contributed by atoms with Crippen LogP contribution in [0.15, 0.2) is 30.3 Å². The number of fused-ring (bicyclic) bond motifs is 1. The lowest BCUT2D eigenvalue weighted by atomic mass is 10.2. The van der Waals surface area contributed by atoms with Gasteiger partial charge in [0.2, 0.25) is 5.24 Å². The van der Waals surface area contributed by atoms with Gasteiger partial charge in [0.15, 0.2) is 11.6 Å². The Kier molecular flexibility index (Phi) is 5.96. The monoisotopic (exact) mass is 423 g/mol. The second-order valence-electron chi connectivity index (χ2n) is 5.12. The van der Waals surface area contributed by atoms with Crippen molar-refractivity contribution in [2.24, 2.45) is 0 Å². The number of hydrogen-bond donors (Lipinski definition) is 0. The number of ether oxygens (including phenoxy) is 1. The Morgan fingerprint density at radius 2 is 1.93 bits per heavy atom. The third-order valence-electron chi connectivity index (χ3n) is 3.30. The molecule has 0 spiro atoms. The number of alkyl halides is 3. The van der Waals surface area contributed by atoms with Crippen LogP contribution in [-0.2, 0) is 17.5 Å². The second-order valence-corrected chi connectivity index (χ2v) is 5.95. The highest BCUT2D eigenvalue weighted by Gasteiger charge is 2.32. The number of benzene rings is 2. The maximum atomic E-state index is 14.0. The zero-order chi connectivity index (χ0) is 19.1. The molecule has 144 valence electrons. The van der Waals surface area contributed by atoms with Gasteiger partial charge in [0.25, 0.3) is 0 Å². The Morgan fingerprint density at radius 3 is 2.52 bits per heavy atom. The minimum Gasteiger partial charge on any atom is -0.453 e. The Bertz CT molecular complexity index is 982. The molecule has 5 nitrogen and oxygen atoms in total. The van der Waals surface area contributed by atoms with E-state index < -0.39 is 33.6 Å². The maximum absolute atomic E-state index is 14.0. The van der Waals surface area contributed by atoms with E-state index in [0.29, 0.717) is 17.1 Å². The van der Waals surface area contributed by atoms with Gasteiger partial charge in [0, 0.05) is 6.07 Å². The molecule has 1 aromatic heterocycles. The number of rotatable bonds is 4. The molecule has 11 heteroatoms. The molecule has 0 N–H and O–H groups in total. The summed E-state index contributed by atoms with van der Waals surface area (Å²) in [5, 5.41) is 6.33. The van der Waals surface area contributed by atoms with Crippen LogP contribution in [0.3, 0.4) is 0 Å². The van der Waals surface area contributed by atoms with Crippen LogP contribution in [0.5, 0.6) is 11.5 Å². The fourth-order valence-corrected chi connectivity index (χ4v) is 2.54. The molecule has 0 amide bonds. The van der Waals surface area contributed by atoms with Crippen LogP contribution >= 0.6 is 23.2 Å². The van der Waals surface area contributed by atoms with Crippen LogP contribution in [0.2, 0.25) is 5.02 Å². The highest BCUT2D eigenvalue weighted by atomic mass is 35.5. The third kappa shape index (κ3) is 4.48. The normalized spacial score (nSPS) is 11.3. The maximum Gasteiger partial charge on any atom is 0.416 e. The van der Waals surface area contributed by atoms with E-state index >= 15 is 0 Å². The summed E-state index contributed by atoms with van der Waals surface area (Å²) in [4.78, 5) is 11.0. The van der Waals surface area contributed by atoms with Gasteiger partial charge in [0.1, 0.15) is 17.8 Å². The van der Waals surface area contributed by atoms with E-state index in [0.717, 1.165) is 0 Å². The van der Waals surface area contributed by atoms with Crippen molar-refractivity contribution in [2.45, 2.75) is 20.1 Å². The first-order valence-electron chi connectivity index (χ1n) is 6.91. The van der Waals surface area contributed by atoms with Crippen molar-refractivity contribution in [3.63, 3.8) is 0 Å². The van der Waals surface area contributed by atoms with Gasteiger partial charge in [0.05, 0.1) is 16.1 Å². The second kappa shape index (κ2) is 7.69. The van der Waals surface area contributed by atoms with Gasteiger partial charge in [-0.05, 0) is 35.9 Å². The lowest BCUT2D eigenvalue weighted by molar-refractivity contribution is -0.137. The van der Waals surface area contributed by atoms with Crippen molar-refractivity contribution in [3.8, 4) is 11.5 Å². The standard InChI is InChI=1S/C15H7Cl2F4N3O2.CH4/c16-9-3-7(15(19,20)21)4-10(18)14(9)26-8-1-2-11-12(5-8)24(23-22-11)6-13(17)25;/h1-5H,6H2;1H4. The molecular formula is C16H11Cl2F4N3O2. The summed E-state index contributed by atoms with van der Waals surface area (Å²) in [5.74, 6) is -1.78. The van der Waals surface area contributed by atoms with Gasteiger partial charge in [-0.2, -0.15) is 13.2 Å². The topological polar surface area (TPSA) is 57.0 Å². The molecular weight excluding hydrogens is 413 g/mol. The number of carbonyl (C=O) groups is 1. The Balaban J connectivity index is 0.00000261. The van der Waals surface area contributed by atoms with Gasteiger partial charge >= 0.3 is 6.18 Å². The molecule has 3 aromatic rings. The smallest absolute Gasteiger partial charge is 0.416 e. The summed E-state index contributed by atoms with van der Waals surface area (Å²) >= 11 is 11.0. The van der Waals surface area contributed by atoms with Gasteiger partial charge < -0.3 is 4.74 Å². The average Bonchev–Trinajstić information content (AvgIpc) is 2.91. The van der Waals surface area contributed by atoms with E-state index in [-0.39, 0.29) is 25.8 Å². The molecule has 0 bridgehead atoms. The minimum absolute atomic E-state index is 0. The van der Waals surface area contributed by atoms with Crippen LogP contribution in [0.25, 0.3) is 11.0 Å². The first-order valence-corrected chi connectivity index (χ1v) is 7.66. The van der Waals surface area contributed by atoms with Gasteiger partial charge in [-0.15, -0.1) is 5.10 Å². The number of halogens is 6. The summed E-state index contributed by atoms with van der Waals surface area (Å²) in [6, 6.07) is 5.11. The van der Waals surface area contributed by atoms with Crippen LogP contribution in [0.1, 0.15) is 13.0 Å². The molecule has 0 aliphatic carbocycles. The number of carbonyl (C=O) groups excluding carboxylic acids is 1. The van der Waals surface area contributed by atoms with E-state index in [1.807, 2.05) is 0 Å². The quantitative estimate of drug-likeness (QED) is 0.414. The van der Waals surface area contributed by atoms with Crippen molar-refractivity contribution >= 4 is 39.5 Å². The summed E-state index contributed by atoms with van der Waals surface area (Å²) in [7, 11) is 0. The van der Waals surface area contributed by atoms with Gasteiger partial charge in [-0.3, -0.25) is 4.79 Å². The van der Waals surface area contributed by atoms with E-state index in [2.05, 4.69) is 10.3 Å². The molecule has 0 radical (unpaired) electrons. The summed E-state index contributed by atoms with van der Waals surface area (Å²) < 4.78 is 58.5. The fraction of sp³-hybridized carbons (Fsp3) is 0.188. The van der Waals surface area contributed by atoms with Gasteiger partial charge in [-0.25, -0.2) is 9.07 Å². The number of aromatic nitrogens is 3. The predicted molar refractivity (Wildman–Crippen MR) is 91.6 cm³/mol. The third-order valence-corrected chi connectivity index (χ3v) is 3.71. The van der Waals surface area contributed by atoms with Crippen molar-refractivity contribution in [3.05, 3.63) is 46.7 Å². The van der Waals surface area contributed by atoms with Crippen molar-refractivity contribution in [2.75, 3.05) is 0 Å². The van der Waals surface area contributed by atoms with Crippen LogP contribution < -0.4 is 4.74 Å². The summed E-state index contributed by atoms with van der Waals surface area (Å²) in [6.07, 6.45) is -4.74. The molecule has 0 saturated heterocycles. The molecule has 0 aliphatic rings. The average molecular weight is 424 g/mol. The van der Waals surface area contributed by atoms with Crippen molar-refractivity contribution in [1.82, 2.24) is 15.0 Å². The molecule has 0 unspecified atom stereocenters. The SMILES string of the molecule is C.O=C(Cl)Cn1nnc2ccc(Oc3c(F)cc(C(F)(F)F)cc3Cl)cc21. The van der Waals surface area contributed by atoms with E-state index in [9.17, 15) is 22.4 Å². The summed E-state index contributed by atoms with van der Waals surface area (Å²) in [5.41, 5.74) is -0.458. The molecule has 0 saturated carbocycles. The van der Waals surface area contributed by atoms with Crippen LogP contribution in [0.4, 0.5) is 17.6 Å². The molecule has 27 heavy (non-hydrogen) atoms. The first-order chi connectivity index (χ1) is 12.1. The first kappa shape index (κ1) is 20.9. The van der Waals surface area contributed by atoms with Crippen molar-refractivity contribution in [1.29, 1.82) is 0 Å². The van der Waals surface area contributed by atoms with Crippen LogP contribution in [0, 0.1) is 5.82 Å². The lowest BCUT2D eigenvalue weighted by Gasteiger charge is -2.12. The van der Waals surface area contributed by atoms with Crippen LogP contribution in [-0.4, -0.2) is 20.2 Å². The largest absolute Gasteiger partial charge is 0.453 e. The Morgan fingerprint density at radius 1 is 1.22 bits per heavy atom. The molecule has 2 aromatic carbocycles. The van der Waals surface area contributed by atoms with Crippen molar-refractivity contribution < 1.29 is 27.1 Å². The van der Waals surface area contributed by atoms with E-state index in [1.54, 1.807) is 0 Å². The Labute approximate surface area is 160 Å². The van der Waals surface area contributed by atoms with Gasteiger partial charge in [-0.1, -0.05) is 24.2 Å². The zero-order valence-electron chi connectivity index (χ0n) is 12.5. The fourth-order valence-electron chi connectivity index (χ4n) is 2.18. The molecule has 0 aliphatic heterocycles. The number of hydrogen-bond acceptors (Lipinski definition) is 4. The van der Waals surface area contributed by atoms with E-state index in [1.165, 1.54) is 22.9 Å². The zero-order valence-corrected chi connectivity index (χ0v) is 14.0.